The van der Waals surface area contributed by atoms with Gasteiger partial charge >= 0.3 is 0 Å². The first kappa shape index (κ1) is 15.7. The Hall–Kier alpha value is -1.67. The van der Waals surface area contributed by atoms with Gasteiger partial charge in [0.25, 0.3) is 0 Å². The highest BCUT2D eigenvalue weighted by atomic mass is 19.1. The molecule has 1 atom stereocenters. The number of hydrogen-bond donors (Lipinski definition) is 1. The molecule has 0 saturated carbocycles. The standard InChI is InChI=1S/C19H24FN/c1-19(2,3)16-9-4-14(5-10-16)6-13-18(21)15-7-11-17(20)12-8-15/h4-5,7-12,18H,6,13,21H2,1-3H3. The number of hydrogen-bond acceptors (Lipinski definition) is 1. The second-order valence-corrected chi connectivity index (χ2v) is 6.64. The minimum Gasteiger partial charge on any atom is -0.324 e. The van der Waals surface area contributed by atoms with Crippen molar-refractivity contribution < 1.29 is 4.39 Å². The molecular formula is C19H24FN. The quantitative estimate of drug-likeness (QED) is 0.861. The number of rotatable bonds is 4. The topological polar surface area (TPSA) is 26.0 Å². The van der Waals surface area contributed by atoms with Crippen molar-refractivity contribution in [2.24, 2.45) is 5.73 Å². The van der Waals surface area contributed by atoms with Gasteiger partial charge in [0.05, 0.1) is 0 Å². The van der Waals surface area contributed by atoms with Gasteiger partial charge < -0.3 is 5.73 Å². The second-order valence-electron chi connectivity index (χ2n) is 6.64. The summed E-state index contributed by atoms with van der Waals surface area (Å²) in [5.74, 6) is -0.219. The molecule has 1 unspecified atom stereocenters. The molecule has 0 saturated heterocycles. The molecule has 0 aliphatic heterocycles. The van der Waals surface area contributed by atoms with Crippen LogP contribution in [-0.4, -0.2) is 0 Å². The zero-order chi connectivity index (χ0) is 15.5. The summed E-state index contributed by atoms with van der Waals surface area (Å²) in [4.78, 5) is 0. The van der Waals surface area contributed by atoms with Crippen molar-refractivity contribution in [3.63, 3.8) is 0 Å². The molecule has 112 valence electrons. The Labute approximate surface area is 127 Å². The Morgan fingerprint density at radius 1 is 0.952 bits per heavy atom. The average molecular weight is 285 g/mol. The molecule has 0 bridgehead atoms. The molecule has 2 heteroatoms. The lowest BCUT2D eigenvalue weighted by atomic mass is 9.86. The number of halogens is 1. The van der Waals surface area contributed by atoms with Gasteiger partial charge in [0.15, 0.2) is 0 Å². The van der Waals surface area contributed by atoms with Crippen LogP contribution in [0, 0.1) is 5.82 Å². The molecule has 0 aliphatic rings. The Morgan fingerprint density at radius 2 is 1.52 bits per heavy atom. The predicted molar refractivity (Wildman–Crippen MR) is 86.8 cm³/mol. The highest BCUT2D eigenvalue weighted by Gasteiger charge is 2.13. The van der Waals surface area contributed by atoms with Crippen molar-refractivity contribution in [3.05, 3.63) is 71.0 Å². The maximum Gasteiger partial charge on any atom is 0.123 e. The largest absolute Gasteiger partial charge is 0.324 e. The van der Waals surface area contributed by atoms with Gasteiger partial charge in [-0.25, -0.2) is 4.39 Å². The third kappa shape index (κ3) is 4.40. The van der Waals surface area contributed by atoms with Crippen molar-refractivity contribution in [3.8, 4) is 0 Å². The molecule has 0 radical (unpaired) electrons. The van der Waals surface area contributed by atoms with E-state index in [4.69, 9.17) is 5.73 Å². The maximum atomic E-state index is 12.9. The number of nitrogens with two attached hydrogens (primary N) is 1. The zero-order valence-corrected chi connectivity index (χ0v) is 13.1. The van der Waals surface area contributed by atoms with Gasteiger partial charge in [0, 0.05) is 6.04 Å². The summed E-state index contributed by atoms with van der Waals surface area (Å²) in [7, 11) is 0. The van der Waals surface area contributed by atoms with Gasteiger partial charge in [-0.05, 0) is 47.1 Å². The van der Waals surface area contributed by atoms with Crippen LogP contribution < -0.4 is 5.73 Å². The Bertz CT molecular complexity index is 564. The van der Waals surface area contributed by atoms with Crippen LogP contribution >= 0.6 is 0 Å². The van der Waals surface area contributed by atoms with E-state index >= 15 is 0 Å². The first-order valence-corrected chi connectivity index (χ1v) is 7.47. The molecule has 0 fully saturated rings. The van der Waals surface area contributed by atoms with E-state index in [9.17, 15) is 4.39 Å². The molecule has 1 nitrogen and oxygen atoms in total. The normalized spacial score (nSPS) is 13.2. The first-order chi connectivity index (χ1) is 9.86. The van der Waals surface area contributed by atoms with Crippen molar-refractivity contribution >= 4 is 0 Å². The predicted octanol–water partition coefficient (Wildman–Crippen LogP) is 4.76. The molecule has 2 aromatic carbocycles. The molecule has 0 aliphatic carbocycles. The Morgan fingerprint density at radius 3 is 2.05 bits per heavy atom. The third-order valence-corrected chi connectivity index (χ3v) is 3.86. The Balaban J connectivity index is 1.95. The van der Waals surface area contributed by atoms with E-state index in [2.05, 4.69) is 45.0 Å². The Kier molecular flexibility index (Phi) is 4.79. The fourth-order valence-corrected chi connectivity index (χ4v) is 2.37. The van der Waals surface area contributed by atoms with E-state index in [-0.39, 0.29) is 17.3 Å². The molecule has 0 spiro atoms. The maximum absolute atomic E-state index is 12.9. The van der Waals surface area contributed by atoms with Crippen molar-refractivity contribution in [1.82, 2.24) is 0 Å². The summed E-state index contributed by atoms with van der Waals surface area (Å²) in [6.07, 6.45) is 1.80. The monoisotopic (exact) mass is 285 g/mol. The molecular weight excluding hydrogens is 261 g/mol. The van der Waals surface area contributed by atoms with Gasteiger partial charge in [0.1, 0.15) is 5.82 Å². The van der Waals surface area contributed by atoms with Crippen LogP contribution in [0.15, 0.2) is 48.5 Å². The summed E-state index contributed by atoms with van der Waals surface area (Å²) in [5.41, 5.74) is 9.98. The highest BCUT2D eigenvalue weighted by Crippen LogP contribution is 2.23. The summed E-state index contributed by atoms with van der Waals surface area (Å²) >= 11 is 0. The van der Waals surface area contributed by atoms with Crippen molar-refractivity contribution in [2.45, 2.75) is 45.1 Å². The number of benzene rings is 2. The van der Waals surface area contributed by atoms with Gasteiger partial charge in [0.2, 0.25) is 0 Å². The van der Waals surface area contributed by atoms with Crippen LogP contribution in [0.2, 0.25) is 0 Å². The summed E-state index contributed by atoms with van der Waals surface area (Å²) in [5, 5.41) is 0. The smallest absolute Gasteiger partial charge is 0.123 e. The lowest BCUT2D eigenvalue weighted by molar-refractivity contribution is 0.589. The summed E-state index contributed by atoms with van der Waals surface area (Å²) < 4.78 is 12.9. The molecule has 0 amide bonds. The SMILES string of the molecule is CC(C)(C)c1ccc(CCC(N)c2ccc(F)cc2)cc1. The van der Waals surface area contributed by atoms with Crippen LogP contribution in [0.1, 0.15) is 49.9 Å². The lowest BCUT2D eigenvalue weighted by Gasteiger charge is -2.19. The molecule has 2 N–H and O–H groups in total. The number of aryl methyl sites for hydroxylation is 1. The fraction of sp³-hybridized carbons (Fsp3) is 0.368. The second kappa shape index (κ2) is 6.40. The minimum atomic E-state index is -0.219. The van der Waals surface area contributed by atoms with Crippen LogP contribution in [0.4, 0.5) is 4.39 Å². The van der Waals surface area contributed by atoms with Crippen molar-refractivity contribution in [2.75, 3.05) is 0 Å². The van der Waals surface area contributed by atoms with E-state index in [0.717, 1.165) is 18.4 Å². The third-order valence-electron chi connectivity index (χ3n) is 3.86. The molecule has 0 heterocycles. The van der Waals surface area contributed by atoms with Crippen LogP contribution in [0.5, 0.6) is 0 Å². The van der Waals surface area contributed by atoms with E-state index in [1.165, 1.54) is 23.3 Å². The van der Waals surface area contributed by atoms with Gasteiger partial charge in [-0.1, -0.05) is 57.2 Å². The van der Waals surface area contributed by atoms with E-state index in [1.54, 1.807) is 12.1 Å². The summed E-state index contributed by atoms with van der Waals surface area (Å²) in [6, 6.07) is 15.2. The highest BCUT2D eigenvalue weighted by molar-refractivity contribution is 5.28. The van der Waals surface area contributed by atoms with Crippen molar-refractivity contribution in [1.29, 1.82) is 0 Å². The fourth-order valence-electron chi connectivity index (χ4n) is 2.37. The zero-order valence-electron chi connectivity index (χ0n) is 13.1. The van der Waals surface area contributed by atoms with Crippen LogP contribution in [0.3, 0.4) is 0 Å². The van der Waals surface area contributed by atoms with Gasteiger partial charge in [-0.3, -0.25) is 0 Å². The van der Waals surface area contributed by atoms with Gasteiger partial charge in [-0.15, -0.1) is 0 Å². The van der Waals surface area contributed by atoms with Crippen LogP contribution in [-0.2, 0) is 11.8 Å². The lowest BCUT2D eigenvalue weighted by Crippen LogP contribution is -2.12. The van der Waals surface area contributed by atoms with E-state index in [0.29, 0.717) is 0 Å². The molecule has 2 rings (SSSR count). The molecule has 2 aromatic rings. The molecule has 21 heavy (non-hydrogen) atoms. The molecule has 0 aromatic heterocycles. The first-order valence-electron chi connectivity index (χ1n) is 7.47. The summed E-state index contributed by atoms with van der Waals surface area (Å²) in [6.45, 7) is 6.64. The van der Waals surface area contributed by atoms with Gasteiger partial charge in [-0.2, -0.15) is 0 Å². The van der Waals surface area contributed by atoms with Crippen LogP contribution in [0.25, 0.3) is 0 Å². The minimum absolute atomic E-state index is 0.0482. The van der Waals surface area contributed by atoms with E-state index in [1.807, 2.05) is 0 Å². The average Bonchev–Trinajstić information content (AvgIpc) is 2.45. The van der Waals surface area contributed by atoms with E-state index < -0.39 is 0 Å².